The molecule has 1 aliphatic carbocycles. The molecule has 1 saturated carbocycles. The lowest BCUT2D eigenvalue weighted by Gasteiger charge is -2.29. The molecule has 1 aliphatic heterocycles. The molecular weight excluding hydrogens is 262 g/mol. The second-order valence-electron chi connectivity index (χ2n) is 6.08. The van der Waals surface area contributed by atoms with Crippen molar-refractivity contribution >= 4 is 5.71 Å². The Kier molecular flexibility index (Phi) is 4.12. The van der Waals surface area contributed by atoms with Crippen LogP contribution in [0.1, 0.15) is 53.9 Å². The highest BCUT2D eigenvalue weighted by molar-refractivity contribution is 6.05. The van der Waals surface area contributed by atoms with Crippen LogP contribution in [-0.2, 0) is 6.54 Å². The van der Waals surface area contributed by atoms with Gasteiger partial charge in [-0.1, -0.05) is 12.1 Å². The fourth-order valence-corrected chi connectivity index (χ4v) is 3.49. The summed E-state index contributed by atoms with van der Waals surface area (Å²) in [6, 6.07) is 4.78. The van der Waals surface area contributed by atoms with Crippen LogP contribution in [0.15, 0.2) is 27.6 Å². The Morgan fingerprint density at radius 1 is 1.19 bits per heavy atom. The van der Waals surface area contributed by atoms with E-state index >= 15 is 0 Å². The number of aryl methyl sites for hydroxylation is 1. The van der Waals surface area contributed by atoms with Crippen LogP contribution in [-0.4, -0.2) is 18.3 Å². The summed E-state index contributed by atoms with van der Waals surface area (Å²) < 4.78 is 0. The maximum Gasteiger partial charge on any atom is 0.107 e. The van der Waals surface area contributed by atoms with Gasteiger partial charge in [0.15, 0.2) is 0 Å². The van der Waals surface area contributed by atoms with Crippen molar-refractivity contribution in [3.63, 3.8) is 0 Å². The lowest BCUT2D eigenvalue weighted by atomic mass is 9.78. The van der Waals surface area contributed by atoms with Crippen molar-refractivity contribution in [2.24, 2.45) is 26.9 Å². The third-order valence-corrected chi connectivity index (χ3v) is 4.73. The highest BCUT2D eigenvalue weighted by atomic mass is 15.4. The van der Waals surface area contributed by atoms with E-state index in [2.05, 4.69) is 34.5 Å². The molecule has 112 valence electrons. The molecule has 1 aromatic carbocycles. The summed E-state index contributed by atoms with van der Waals surface area (Å²) in [6.07, 6.45) is 4.47. The van der Waals surface area contributed by atoms with E-state index in [1.165, 1.54) is 22.3 Å². The first-order valence-electron chi connectivity index (χ1n) is 7.72. The molecular formula is C16H23N5. The lowest BCUT2D eigenvalue weighted by molar-refractivity contribution is 0.395. The number of hydrogen-bond acceptors (Lipinski definition) is 5. The van der Waals surface area contributed by atoms with E-state index in [1.807, 2.05) is 0 Å². The Balaban J connectivity index is 2.03. The SMILES string of the molecule is Cc1ccc(C2CCC(N)CC2)c(C2=NN=NC2)c1CN. The first-order valence-corrected chi connectivity index (χ1v) is 7.72. The van der Waals surface area contributed by atoms with Crippen molar-refractivity contribution in [1.82, 2.24) is 0 Å². The smallest absolute Gasteiger partial charge is 0.107 e. The normalized spacial score (nSPS) is 25.2. The molecule has 2 aliphatic rings. The third-order valence-electron chi connectivity index (χ3n) is 4.73. The Morgan fingerprint density at radius 3 is 2.57 bits per heavy atom. The largest absolute Gasteiger partial charge is 0.328 e. The molecule has 0 bridgehead atoms. The van der Waals surface area contributed by atoms with Gasteiger partial charge in [-0.05, 0) is 60.4 Å². The highest BCUT2D eigenvalue weighted by Gasteiger charge is 2.26. The van der Waals surface area contributed by atoms with E-state index in [-0.39, 0.29) is 0 Å². The van der Waals surface area contributed by atoms with Crippen LogP contribution in [0, 0.1) is 6.92 Å². The van der Waals surface area contributed by atoms with E-state index in [1.54, 1.807) is 0 Å². The van der Waals surface area contributed by atoms with Crippen LogP contribution in [0.3, 0.4) is 0 Å². The second-order valence-corrected chi connectivity index (χ2v) is 6.08. The summed E-state index contributed by atoms with van der Waals surface area (Å²) in [7, 11) is 0. The van der Waals surface area contributed by atoms with Crippen LogP contribution in [0.25, 0.3) is 0 Å². The van der Waals surface area contributed by atoms with Crippen molar-refractivity contribution in [3.05, 3.63) is 34.4 Å². The van der Waals surface area contributed by atoms with Gasteiger partial charge in [0.1, 0.15) is 6.54 Å². The maximum atomic E-state index is 6.04. The molecule has 0 radical (unpaired) electrons. The molecule has 0 spiro atoms. The predicted octanol–water partition coefficient (Wildman–Crippen LogP) is 2.61. The monoisotopic (exact) mass is 285 g/mol. The second kappa shape index (κ2) is 6.03. The molecule has 4 N–H and O–H groups in total. The number of nitrogens with zero attached hydrogens (tertiary/aromatic N) is 3. The Labute approximate surface area is 125 Å². The van der Waals surface area contributed by atoms with Gasteiger partial charge in [0.05, 0.1) is 5.71 Å². The molecule has 5 nitrogen and oxygen atoms in total. The average Bonchev–Trinajstić information content (AvgIpc) is 3.02. The zero-order valence-electron chi connectivity index (χ0n) is 12.5. The first-order chi connectivity index (χ1) is 10.2. The van der Waals surface area contributed by atoms with Crippen molar-refractivity contribution in [2.45, 2.75) is 51.1 Å². The van der Waals surface area contributed by atoms with Gasteiger partial charge < -0.3 is 11.5 Å². The fourth-order valence-electron chi connectivity index (χ4n) is 3.49. The standard InChI is InChI=1S/C16H23N5/c1-10-2-7-13(11-3-5-12(18)6-4-11)16(14(10)8-17)15-9-19-21-20-15/h2,7,11-12H,3-6,8-9,17-18H2,1H3. The molecule has 0 atom stereocenters. The molecule has 1 fully saturated rings. The molecule has 3 rings (SSSR count). The minimum Gasteiger partial charge on any atom is -0.328 e. The zero-order chi connectivity index (χ0) is 14.8. The van der Waals surface area contributed by atoms with Gasteiger partial charge in [0.2, 0.25) is 0 Å². The minimum absolute atomic E-state index is 0.359. The third kappa shape index (κ3) is 2.76. The van der Waals surface area contributed by atoms with E-state index in [0.717, 1.165) is 31.4 Å². The van der Waals surface area contributed by atoms with Crippen LogP contribution >= 0.6 is 0 Å². The minimum atomic E-state index is 0.359. The number of benzene rings is 1. The van der Waals surface area contributed by atoms with Crippen LogP contribution < -0.4 is 11.5 Å². The topological polar surface area (TPSA) is 89.1 Å². The van der Waals surface area contributed by atoms with E-state index in [4.69, 9.17) is 11.5 Å². The van der Waals surface area contributed by atoms with Gasteiger partial charge in [-0.3, -0.25) is 0 Å². The zero-order valence-corrected chi connectivity index (χ0v) is 12.5. The summed E-state index contributed by atoms with van der Waals surface area (Å²) in [4.78, 5) is 0. The van der Waals surface area contributed by atoms with Crippen molar-refractivity contribution < 1.29 is 0 Å². The Bertz CT molecular complexity index is 583. The van der Waals surface area contributed by atoms with E-state index < -0.39 is 0 Å². The summed E-state index contributed by atoms with van der Waals surface area (Å²) in [5.74, 6) is 0.550. The first kappa shape index (κ1) is 14.4. The van der Waals surface area contributed by atoms with E-state index in [0.29, 0.717) is 25.0 Å². The van der Waals surface area contributed by atoms with Crippen molar-refractivity contribution in [3.8, 4) is 0 Å². The number of nitrogens with two attached hydrogens (primary N) is 2. The molecule has 0 amide bonds. The van der Waals surface area contributed by atoms with Crippen LogP contribution in [0.2, 0.25) is 0 Å². The predicted molar refractivity (Wildman–Crippen MR) is 84.5 cm³/mol. The van der Waals surface area contributed by atoms with Crippen molar-refractivity contribution in [1.29, 1.82) is 0 Å². The molecule has 1 aromatic rings. The number of rotatable bonds is 3. The molecule has 0 unspecified atom stereocenters. The van der Waals surface area contributed by atoms with Gasteiger partial charge in [0, 0.05) is 18.2 Å². The van der Waals surface area contributed by atoms with Gasteiger partial charge in [-0.2, -0.15) is 5.11 Å². The van der Waals surface area contributed by atoms with Gasteiger partial charge in [-0.15, -0.1) is 5.10 Å². The molecule has 21 heavy (non-hydrogen) atoms. The van der Waals surface area contributed by atoms with Crippen LogP contribution in [0.5, 0.6) is 0 Å². The van der Waals surface area contributed by atoms with Gasteiger partial charge in [-0.25, -0.2) is 0 Å². The summed E-state index contributed by atoms with van der Waals surface area (Å²) in [5.41, 5.74) is 18.0. The maximum absolute atomic E-state index is 6.04. The summed E-state index contributed by atoms with van der Waals surface area (Å²) in [5, 5.41) is 12.0. The quantitative estimate of drug-likeness (QED) is 0.894. The van der Waals surface area contributed by atoms with E-state index in [9.17, 15) is 0 Å². The summed E-state index contributed by atoms with van der Waals surface area (Å²) >= 11 is 0. The van der Waals surface area contributed by atoms with Gasteiger partial charge >= 0.3 is 0 Å². The fraction of sp³-hybridized carbons (Fsp3) is 0.562. The average molecular weight is 285 g/mol. The lowest BCUT2D eigenvalue weighted by Crippen LogP contribution is -2.27. The molecule has 1 heterocycles. The van der Waals surface area contributed by atoms with Gasteiger partial charge in [0.25, 0.3) is 0 Å². The molecule has 0 aromatic heterocycles. The Hall–Kier alpha value is -1.59. The molecule has 5 heteroatoms. The Morgan fingerprint density at radius 2 is 1.95 bits per heavy atom. The molecule has 0 saturated heterocycles. The van der Waals surface area contributed by atoms with Crippen LogP contribution in [0.4, 0.5) is 0 Å². The van der Waals surface area contributed by atoms with Crippen molar-refractivity contribution in [2.75, 3.05) is 6.54 Å². The highest BCUT2D eigenvalue weighted by Crippen LogP contribution is 2.36. The number of hydrogen-bond donors (Lipinski definition) is 2. The summed E-state index contributed by atoms with van der Waals surface area (Å²) in [6.45, 7) is 3.20.